The third-order valence-electron chi connectivity index (χ3n) is 6.81. The number of amides is 2. The van der Waals surface area contributed by atoms with E-state index in [2.05, 4.69) is 31.7 Å². The predicted molar refractivity (Wildman–Crippen MR) is 105 cm³/mol. The Labute approximate surface area is 168 Å². The van der Waals surface area contributed by atoms with E-state index in [1.54, 1.807) is 17.1 Å². The van der Waals surface area contributed by atoms with Crippen molar-refractivity contribution in [3.05, 3.63) is 12.4 Å². The van der Waals surface area contributed by atoms with Gasteiger partial charge in [0.25, 0.3) is 0 Å². The molecule has 5 fully saturated rings. The van der Waals surface area contributed by atoms with Crippen LogP contribution in [0.3, 0.4) is 0 Å². The third kappa shape index (κ3) is 3.80. The van der Waals surface area contributed by atoms with Gasteiger partial charge in [-0.15, -0.1) is 0 Å². The second-order valence-electron chi connectivity index (χ2n) is 9.61. The highest BCUT2D eigenvalue weighted by Crippen LogP contribution is 2.65. The molecule has 0 saturated heterocycles. The van der Waals surface area contributed by atoms with Crippen LogP contribution in [0.1, 0.15) is 57.8 Å². The van der Waals surface area contributed by atoms with Gasteiger partial charge in [0.1, 0.15) is 6.54 Å². The maximum absolute atomic E-state index is 12.7. The number of halogens is 1. The Morgan fingerprint density at radius 2 is 1.93 bits per heavy atom. The van der Waals surface area contributed by atoms with Gasteiger partial charge >= 0.3 is 0 Å². The molecule has 7 heteroatoms. The molecule has 27 heavy (non-hydrogen) atoms. The number of alkyl halides is 1. The first kappa shape index (κ1) is 17.7. The lowest BCUT2D eigenvalue weighted by Gasteiger charge is -2.60. The molecule has 5 aliphatic rings. The lowest BCUT2D eigenvalue weighted by Crippen LogP contribution is -2.53. The van der Waals surface area contributed by atoms with Crippen molar-refractivity contribution >= 4 is 33.4 Å². The van der Waals surface area contributed by atoms with Gasteiger partial charge in [0, 0.05) is 23.0 Å². The monoisotopic (exact) mass is 434 g/mol. The van der Waals surface area contributed by atoms with Crippen molar-refractivity contribution in [3.63, 3.8) is 0 Å². The molecular formula is C20H27BrN4O2. The molecule has 0 spiro atoms. The molecule has 6 nitrogen and oxygen atoms in total. The summed E-state index contributed by atoms with van der Waals surface area (Å²) in [4.78, 5) is 24.6. The smallest absolute Gasteiger partial charge is 0.241 e. The van der Waals surface area contributed by atoms with Gasteiger partial charge in [-0.05, 0) is 68.6 Å². The number of nitrogens with one attached hydrogen (secondary N) is 2. The van der Waals surface area contributed by atoms with E-state index in [0.717, 1.165) is 31.1 Å². The summed E-state index contributed by atoms with van der Waals surface area (Å²) < 4.78 is 1.86. The van der Waals surface area contributed by atoms with Crippen LogP contribution in [-0.2, 0) is 16.1 Å². The van der Waals surface area contributed by atoms with E-state index in [1.807, 2.05) is 0 Å². The highest BCUT2D eigenvalue weighted by molar-refractivity contribution is 9.10. The first-order valence-corrected chi connectivity index (χ1v) is 11.0. The molecule has 5 saturated carbocycles. The van der Waals surface area contributed by atoms with Crippen LogP contribution in [0, 0.1) is 17.3 Å². The van der Waals surface area contributed by atoms with Gasteiger partial charge in [-0.2, -0.15) is 5.10 Å². The molecule has 0 aliphatic heterocycles. The Bertz CT molecular complexity index is 758. The highest BCUT2D eigenvalue weighted by atomic mass is 79.9. The van der Waals surface area contributed by atoms with Crippen molar-refractivity contribution in [1.29, 1.82) is 0 Å². The number of nitrogens with zero attached hydrogens (tertiary/aromatic N) is 2. The maximum atomic E-state index is 12.7. The molecule has 2 unspecified atom stereocenters. The SMILES string of the molecule is O=C(CC12CC3CC(CC(Br)(C3)C1)C2)Nc1cnn(CC(=O)NC2CC2)c1. The van der Waals surface area contributed by atoms with Gasteiger partial charge in [-0.3, -0.25) is 14.3 Å². The topological polar surface area (TPSA) is 76.0 Å². The van der Waals surface area contributed by atoms with Gasteiger partial charge in [0.15, 0.2) is 0 Å². The van der Waals surface area contributed by atoms with Crippen LogP contribution in [0.2, 0.25) is 0 Å². The molecular weight excluding hydrogens is 408 g/mol. The third-order valence-corrected chi connectivity index (χ3v) is 7.74. The summed E-state index contributed by atoms with van der Waals surface area (Å²) in [6, 6.07) is 0.352. The Hall–Kier alpha value is -1.37. The Kier molecular flexibility index (Phi) is 4.15. The number of anilines is 1. The Morgan fingerprint density at radius 1 is 1.19 bits per heavy atom. The number of carbonyl (C=O) groups is 2. The molecule has 6 rings (SSSR count). The summed E-state index contributed by atoms with van der Waals surface area (Å²) in [5.41, 5.74) is 0.843. The summed E-state index contributed by atoms with van der Waals surface area (Å²) in [7, 11) is 0. The average Bonchev–Trinajstić information content (AvgIpc) is 3.23. The van der Waals surface area contributed by atoms with Crippen LogP contribution in [0.25, 0.3) is 0 Å². The van der Waals surface area contributed by atoms with Crippen LogP contribution in [0.4, 0.5) is 5.69 Å². The maximum Gasteiger partial charge on any atom is 0.241 e. The lowest BCUT2D eigenvalue weighted by molar-refractivity contribution is -0.123. The average molecular weight is 435 g/mol. The van der Waals surface area contributed by atoms with Crippen LogP contribution < -0.4 is 10.6 Å². The largest absolute Gasteiger partial charge is 0.352 e. The molecule has 146 valence electrons. The van der Waals surface area contributed by atoms with E-state index >= 15 is 0 Å². The molecule has 1 aromatic heterocycles. The lowest BCUT2D eigenvalue weighted by atomic mass is 9.48. The molecule has 2 N–H and O–H groups in total. The van der Waals surface area contributed by atoms with Crippen molar-refractivity contribution in [2.24, 2.45) is 17.3 Å². The quantitative estimate of drug-likeness (QED) is 0.674. The van der Waals surface area contributed by atoms with Crippen LogP contribution in [-0.4, -0.2) is 32.0 Å². The van der Waals surface area contributed by atoms with Gasteiger partial charge in [0.2, 0.25) is 11.8 Å². The molecule has 2 amide bonds. The van der Waals surface area contributed by atoms with E-state index in [-0.39, 0.29) is 28.1 Å². The summed E-state index contributed by atoms with van der Waals surface area (Å²) in [5.74, 6) is 1.63. The van der Waals surface area contributed by atoms with E-state index in [1.165, 1.54) is 32.1 Å². The van der Waals surface area contributed by atoms with Crippen molar-refractivity contribution < 1.29 is 9.59 Å². The minimum absolute atomic E-state index is 0.0188. The van der Waals surface area contributed by atoms with E-state index in [0.29, 0.717) is 18.2 Å². The molecule has 0 aromatic carbocycles. The summed E-state index contributed by atoms with van der Waals surface area (Å²) in [6.45, 7) is 0.200. The first-order chi connectivity index (χ1) is 12.9. The zero-order chi connectivity index (χ0) is 18.6. The second kappa shape index (κ2) is 6.33. The van der Waals surface area contributed by atoms with Crippen LogP contribution >= 0.6 is 15.9 Å². The fourth-order valence-corrected chi connectivity index (χ4v) is 7.76. The van der Waals surface area contributed by atoms with E-state index in [4.69, 9.17) is 0 Å². The summed E-state index contributed by atoms with van der Waals surface area (Å²) in [5, 5.41) is 10.2. The minimum atomic E-state index is -0.0188. The molecule has 1 heterocycles. The number of carbonyl (C=O) groups excluding carboxylic acids is 2. The predicted octanol–water partition coefficient (Wildman–Crippen LogP) is 3.22. The number of hydrogen-bond acceptors (Lipinski definition) is 3. The van der Waals surface area contributed by atoms with Crippen molar-refractivity contribution in [1.82, 2.24) is 15.1 Å². The normalized spacial score (nSPS) is 36.6. The Morgan fingerprint density at radius 3 is 2.59 bits per heavy atom. The van der Waals surface area contributed by atoms with E-state index in [9.17, 15) is 9.59 Å². The zero-order valence-electron chi connectivity index (χ0n) is 15.5. The van der Waals surface area contributed by atoms with Crippen LogP contribution in [0.15, 0.2) is 12.4 Å². The van der Waals surface area contributed by atoms with Crippen molar-refractivity contribution in [2.45, 2.75) is 74.7 Å². The second-order valence-corrected chi connectivity index (χ2v) is 11.3. The molecule has 1 aromatic rings. The van der Waals surface area contributed by atoms with Gasteiger partial charge in [-0.25, -0.2) is 0 Å². The standard InChI is InChI=1S/C20H27BrN4O2/c21-20-6-13-3-14(7-20)5-19(4-13,12-20)8-17(26)24-16-9-22-25(10-16)11-18(27)23-15-1-2-15/h9-10,13-15H,1-8,11-12H2,(H,23,27)(H,24,26). The number of aromatic nitrogens is 2. The van der Waals surface area contributed by atoms with Crippen molar-refractivity contribution in [3.8, 4) is 0 Å². The zero-order valence-corrected chi connectivity index (χ0v) is 17.1. The van der Waals surface area contributed by atoms with Crippen molar-refractivity contribution in [2.75, 3.05) is 5.32 Å². The van der Waals surface area contributed by atoms with E-state index < -0.39 is 0 Å². The number of hydrogen-bond donors (Lipinski definition) is 2. The van der Waals surface area contributed by atoms with Gasteiger partial charge < -0.3 is 10.6 Å². The molecule has 5 aliphatic carbocycles. The fourth-order valence-electron chi connectivity index (χ4n) is 6.25. The fraction of sp³-hybridized carbons (Fsp3) is 0.750. The highest BCUT2D eigenvalue weighted by Gasteiger charge is 2.57. The summed E-state index contributed by atoms with van der Waals surface area (Å²) >= 11 is 4.01. The Balaban J connectivity index is 1.18. The minimum Gasteiger partial charge on any atom is -0.352 e. The van der Waals surface area contributed by atoms with Gasteiger partial charge in [-0.1, -0.05) is 15.9 Å². The molecule has 0 radical (unpaired) electrons. The van der Waals surface area contributed by atoms with Gasteiger partial charge in [0.05, 0.1) is 11.9 Å². The summed E-state index contributed by atoms with van der Waals surface area (Å²) in [6.07, 6.45) is 13.6. The molecule has 2 atom stereocenters. The van der Waals surface area contributed by atoms with Crippen LogP contribution in [0.5, 0.6) is 0 Å². The molecule has 4 bridgehead atoms. The number of rotatable bonds is 6. The first-order valence-electron chi connectivity index (χ1n) is 10.2.